The first-order valence-electron chi connectivity index (χ1n) is 18.8. The van der Waals surface area contributed by atoms with Crippen LogP contribution < -0.4 is 0 Å². The van der Waals surface area contributed by atoms with Crippen LogP contribution in [0.15, 0.2) is 48.5 Å². The normalized spacial score (nSPS) is 33.9. The molecule has 43 heavy (non-hydrogen) atoms. The summed E-state index contributed by atoms with van der Waals surface area (Å²) in [5.74, 6) is 7.56. The Labute approximate surface area is 267 Å². The van der Waals surface area contributed by atoms with Gasteiger partial charge in [0.15, 0.2) is 0 Å². The van der Waals surface area contributed by atoms with Crippen LogP contribution in [0.25, 0.3) is 20.5 Å². The largest absolute Gasteiger partial charge is 0.135 e. The summed E-state index contributed by atoms with van der Waals surface area (Å²) in [4.78, 5) is 1.48. The number of benzene rings is 2. The number of rotatable bonds is 7. The third-order valence-corrected chi connectivity index (χ3v) is 14.4. The van der Waals surface area contributed by atoms with Crippen LogP contribution in [0.2, 0.25) is 0 Å². The molecule has 2 aromatic carbocycles. The molecule has 0 atom stereocenters. The molecule has 1 heterocycles. The van der Waals surface area contributed by atoms with Crippen molar-refractivity contribution in [3.63, 3.8) is 0 Å². The van der Waals surface area contributed by atoms with Crippen LogP contribution in [0, 0.1) is 35.5 Å². The molecule has 4 aliphatic carbocycles. The van der Waals surface area contributed by atoms with Gasteiger partial charge < -0.3 is 0 Å². The van der Waals surface area contributed by atoms with E-state index in [1.165, 1.54) is 126 Å². The molecule has 3 aromatic rings. The second kappa shape index (κ2) is 13.8. The summed E-state index contributed by atoms with van der Waals surface area (Å²) in [6.07, 6.45) is 26.4. The van der Waals surface area contributed by atoms with Crippen molar-refractivity contribution in [2.45, 2.75) is 141 Å². The fourth-order valence-electron chi connectivity index (χ4n) is 10.5. The molecular weight excluding hydrogens is 537 g/mol. The van der Waals surface area contributed by atoms with E-state index in [-0.39, 0.29) is 0 Å². The Hall–Kier alpha value is -1.60. The lowest BCUT2D eigenvalue weighted by Crippen LogP contribution is -2.25. The molecule has 232 valence electrons. The van der Waals surface area contributed by atoms with Crippen molar-refractivity contribution in [2.75, 3.05) is 0 Å². The molecule has 1 heteroatoms. The van der Waals surface area contributed by atoms with Crippen LogP contribution in [0.5, 0.6) is 0 Å². The summed E-state index contributed by atoms with van der Waals surface area (Å²) < 4.78 is 1.64. The molecule has 0 unspecified atom stereocenters. The summed E-state index contributed by atoms with van der Waals surface area (Å²) in [6, 6.07) is 19.1. The lowest BCUT2D eigenvalue weighted by atomic mass is 9.67. The second-order valence-electron chi connectivity index (χ2n) is 15.8. The van der Waals surface area contributed by atoms with E-state index in [4.69, 9.17) is 0 Å². The van der Waals surface area contributed by atoms with Gasteiger partial charge in [0, 0.05) is 9.58 Å². The van der Waals surface area contributed by atoms with Crippen LogP contribution in [0.4, 0.5) is 0 Å². The lowest BCUT2D eigenvalue weighted by molar-refractivity contribution is 0.156. The number of thiophene rings is 1. The Bertz CT molecular complexity index is 1290. The summed E-state index contributed by atoms with van der Waals surface area (Å²) in [5.41, 5.74) is 4.78. The van der Waals surface area contributed by atoms with Crippen molar-refractivity contribution < 1.29 is 0 Å². The van der Waals surface area contributed by atoms with Crippen LogP contribution >= 0.6 is 11.3 Å². The van der Waals surface area contributed by atoms with E-state index in [2.05, 4.69) is 73.7 Å². The van der Waals surface area contributed by atoms with E-state index in [9.17, 15) is 0 Å². The van der Waals surface area contributed by atoms with Gasteiger partial charge in [0.1, 0.15) is 0 Å². The van der Waals surface area contributed by atoms with Gasteiger partial charge in [-0.05, 0) is 153 Å². The smallest absolute Gasteiger partial charge is 0.0387 e. The SMILES string of the molecule is CCCC1CCC(C2CCC(c3ccc(C4CCC(C5CCC(C)CC5)CC4)c4cc(-c5ccccc5)sc34)CC2)CC1. The molecule has 0 nitrogen and oxygen atoms in total. The van der Waals surface area contributed by atoms with Crippen LogP contribution in [-0.4, -0.2) is 0 Å². The molecule has 0 aliphatic heterocycles. The summed E-state index contributed by atoms with van der Waals surface area (Å²) in [6.45, 7) is 4.84. The first kappa shape index (κ1) is 30.1. The zero-order valence-corrected chi connectivity index (χ0v) is 28.2. The Balaban J connectivity index is 1.08. The van der Waals surface area contributed by atoms with Crippen LogP contribution in [0.3, 0.4) is 0 Å². The van der Waals surface area contributed by atoms with Crippen molar-refractivity contribution in [1.29, 1.82) is 0 Å². The van der Waals surface area contributed by atoms with Crippen molar-refractivity contribution in [1.82, 2.24) is 0 Å². The highest BCUT2D eigenvalue weighted by atomic mass is 32.1. The molecule has 0 amide bonds. The molecule has 0 radical (unpaired) electrons. The minimum absolute atomic E-state index is 0.757. The van der Waals surface area contributed by atoms with Gasteiger partial charge in [-0.15, -0.1) is 11.3 Å². The van der Waals surface area contributed by atoms with Gasteiger partial charge in [-0.2, -0.15) is 0 Å². The molecule has 7 rings (SSSR count). The zero-order chi connectivity index (χ0) is 29.2. The van der Waals surface area contributed by atoms with Gasteiger partial charge in [-0.1, -0.05) is 94.8 Å². The van der Waals surface area contributed by atoms with Crippen LogP contribution in [-0.2, 0) is 0 Å². The molecule has 4 saturated carbocycles. The molecule has 0 spiro atoms. The highest BCUT2D eigenvalue weighted by Gasteiger charge is 2.34. The average Bonchev–Trinajstić information content (AvgIpc) is 3.52. The fraction of sp³-hybridized carbons (Fsp3) is 0.667. The summed E-state index contributed by atoms with van der Waals surface area (Å²) >= 11 is 2.11. The summed E-state index contributed by atoms with van der Waals surface area (Å²) in [5, 5.41) is 1.62. The highest BCUT2D eigenvalue weighted by Crippen LogP contribution is 2.50. The predicted octanol–water partition coefficient (Wildman–Crippen LogP) is 13.5. The number of fused-ring (bicyclic) bond motifs is 1. The standard InChI is InChI=1S/C42H58S/c1-3-7-30-12-16-32(17-13-30)34-20-24-36(25-21-34)39-27-26-38(40-28-41(43-42(39)40)37-8-5-4-6-9-37)35-22-18-33(19-23-35)31-14-10-29(2)11-15-31/h4-6,8-9,26-36H,3,7,10-25H2,1-2H3. The molecular formula is C42H58S. The lowest BCUT2D eigenvalue weighted by Gasteiger charge is -2.38. The van der Waals surface area contributed by atoms with E-state index in [1.54, 1.807) is 21.2 Å². The molecule has 0 N–H and O–H groups in total. The maximum atomic E-state index is 2.62. The predicted molar refractivity (Wildman–Crippen MR) is 188 cm³/mol. The zero-order valence-electron chi connectivity index (χ0n) is 27.4. The minimum Gasteiger partial charge on any atom is -0.135 e. The van der Waals surface area contributed by atoms with Crippen molar-refractivity contribution in [3.8, 4) is 10.4 Å². The van der Waals surface area contributed by atoms with Gasteiger partial charge in [-0.25, -0.2) is 0 Å². The van der Waals surface area contributed by atoms with Crippen LogP contribution in [0.1, 0.15) is 152 Å². The van der Waals surface area contributed by atoms with Crippen molar-refractivity contribution >= 4 is 21.4 Å². The number of hydrogen-bond donors (Lipinski definition) is 0. The monoisotopic (exact) mass is 594 g/mol. The maximum absolute atomic E-state index is 2.62. The first-order chi connectivity index (χ1) is 21.2. The molecule has 4 aliphatic rings. The van der Waals surface area contributed by atoms with E-state index in [0.717, 1.165) is 47.3 Å². The van der Waals surface area contributed by atoms with Gasteiger partial charge in [0.05, 0.1) is 0 Å². The molecule has 4 fully saturated rings. The number of hydrogen-bond acceptors (Lipinski definition) is 1. The average molecular weight is 595 g/mol. The third-order valence-electron chi connectivity index (χ3n) is 13.2. The van der Waals surface area contributed by atoms with Crippen molar-refractivity contribution in [3.05, 3.63) is 59.7 Å². The van der Waals surface area contributed by atoms with E-state index in [1.807, 2.05) is 0 Å². The van der Waals surface area contributed by atoms with Gasteiger partial charge in [0.2, 0.25) is 0 Å². The molecule has 1 aromatic heterocycles. The Morgan fingerprint density at radius 2 is 1.09 bits per heavy atom. The Kier molecular flexibility index (Phi) is 9.66. The Morgan fingerprint density at radius 1 is 0.581 bits per heavy atom. The summed E-state index contributed by atoms with van der Waals surface area (Å²) in [7, 11) is 0. The van der Waals surface area contributed by atoms with E-state index >= 15 is 0 Å². The Morgan fingerprint density at radius 3 is 1.67 bits per heavy atom. The van der Waals surface area contributed by atoms with E-state index in [0.29, 0.717) is 0 Å². The molecule has 0 saturated heterocycles. The van der Waals surface area contributed by atoms with E-state index < -0.39 is 0 Å². The van der Waals surface area contributed by atoms with Gasteiger partial charge >= 0.3 is 0 Å². The third kappa shape index (κ3) is 6.68. The highest BCUT2D eigenvalue weighted by molar-refractivity contribution is 7.22. The second-order valence-corrected chi connectivity index (χ2v) is 16.8. The first-order valence-corrected chi connectivity index (χ1v) is 19.6. The minimum atomic E-state index is 0.757. The fourth-order valence-corrected chi connectivity index (χ4v) is 11.8. The van der Waals surface area contributed by atoms with Crippen molar-refractivity contribution in [2.24, 2.45) is 35.5 Å². The van der Waals surface area contributed by atoms with Gasteiger partial charge in [-0.3, -0.25) is 0 Å². The quantitative estimate of drug-likeness (QED) is 0.255. The molecule has 0 bridgehead atoms. The topological polar surface area (TPSA) is 0 Å². The maximum Gasteiger partial charge on any atom is 0.0387 e. The van der Waals surface area contributed by atoms with Gasteiger partial charge in [0.25, 0.3) is 0 Å².